The van der Waals surface area contributed by atoms with E-state index in [4.69, 9.17) is 4.74 Å². The van der Waals surface area contributed by atoms with E-state index in [1.54, 1.807) is 78.9 Å². The number of para-hydroxylation sites is 3. The second-order valence-electron chi connectivity index (χ2n) is 8.14. The topological polar surface area (TPSA) is 63.2 Å². The van der Waals surface area contributed by atoms with E-state index in [1.807, 2.05) is 18.2 Å². The van der Waals surface area contributed by atoms with Crippen LogP contribution in [0.15, 0.2) is 109 Å². The van der Waals surface area contributed by atoms with Crippen molar-refractivity contribution in [2.24, 2.45) is 0 Å². The standard InChI is InChI=1S/C29H20F3N3O2/c30-29(31,32)27-18-25(22-13-4-6-15-24(22)35-27)33-19-9-8-10-20(17-19)34-28(36)23-14-5-7-16-26(23)37-21-11-2-1-3-12-21/h1-18H,(H,33,35)(H,34,36). The summed E-state index contributed by atoms with van der Waals surface area (Å²) in [6.45, 7) is 0. The van der Waals surface area contributed by atoms with Crippen molar-refractivity contribution in [3.63, 3.8) is 0 Å². The summed E-state index contributed by atoms with van der Waals surface area (Å²) in [5.41, 5.74) is 0.769. The highest BCUT2D eigenvalue weighted by Gasteiger charge is 2.33. The Hall–Kier alpha value is -4.85. The first-order valence-corrected chi connectivity index (χ1v) is 11.3. The molecule has 0 saturated heterocycles. The summed E-state index contributed by atoms with van der Waals surface area (Å²) in [4.78, 5) is 16.8. The van der Waals surface area contributed by atoms with E-state index < -0.39 is 17.8 Å². The Kier molecular flexibility index (Phi) is 6.47. The molecule has 0 spiro atoms. The van der Waals surface area contributed by atoms with Crippen LogP contribution in [0.5, 0.6) is 11.5 Å². The lowest BCUT2D eigenvalue weighted by Crippen LogP contribution is -2.13. The van der Waals surface area contributed by atoms with Gasteiger partial charge in [-0.15, -0.1) is 0 Å². The average Bonchev–Trinajstić information content (AvgIpc) is 2.89. The van der Waals surface area contributed by atoms with Crippen molar-refractivity contribution < 1.29 is 22.7 Å². The Balaban J connectivity index is 1.40. The van der Waals surface area contributed by atoms with Crippen LogP contribution >= 0.6 is 0 Å². The van der Waals surface area contributed by atoms with Gasteiger partial charge in [0.15, 0.2) is 0 Å². The van der Waals surface area contributed by atoms with E-state index in [1.165, 1.54) is 6.07 Å². The summed E-state index contributed by atoms with van der Waals surface area (Å²) in [7, 11) is 0. The first-order chi connectivity index (χ1) is 17.9. The molecule has 37 heavy (non-hydrogen) atoms. The summed E-state index contributed by atoms with van der Waals surface area (Å²) in [6, 6.07) is 30.3. The molecule has 1 heterocycles. The molecule has 8 heteroatoms. The number of rotatable bonds is 6. The van der Waals surface area contributed by atoms with Crippen molar-refractivity contribution in [2.45, 2.75) is 6.18 Å². The fourth-order valence-corrected chi connectivity index (χ4v) is 3.81. The molecule has 4 aromatic carbocycles. The number of carbonyl (C=O) groups excluding carboxylic acids is 1. The number of pyridine rings is 1. The molecule has 5 rings (SSSR count). The molecule has 0 radical (unpaired) electrons. The molecule has 0 aliphatic rings. The van der Waals surface area contributed by atoms with Crippen molar-refractivity contribution in [3.05, 3.63) is 120 Å². The van der Waals surface area contributed by atoms with Crippen molar-refractivity contribution in [1.29, 1.82) is 0 Å². The average molecular weight is 499 g/mol. The SMILES string of the molecule is O=C(Nc1cccc(Nc2cc(C(F)(F)F)nc3ccccc23)c1)c1ccccc1Oc1ccccc1. The molecule has 184 valence electrons. The minimum atomic E-state index is -4.59. The second kappa shape index (κ2) is 10.0. The quantitative estimate of drug-likeness (QED) is 0.248. The van der Waals surface area contributed by atoms with Gasteiger partial charge in [-0.05, 0) is 54.6 Å². The maximum absolute atomic E-state index is 13.4. The zero-order valence-corrected chi connectivity index (χ0v) is 19.3. The zero-order valence-electron chi connectivity index (χ0n) is 19.3. The summed E-state index contributed by atoms with van der Waals surface area (Å²) >= 11 is 0. The van der Waals surface area contributed by atoms with E-state index in [2.05, 4.69) is 15.6 Å². The Morgan fingerprint density at radius 2 is 1.46 bits per heavy atom. The number of fused-ring (bicyclic) bond motifs is 1. The monoisotopic (exact) mass is 499 g/mol. The van der Waals surface area contributed by atoms with Gasteiger partial charge in [-0.25, -0.2) is 4.98 Å². The van der Waals surface area contributed by atoms with Crippen molar-refractivity contribution in [1.82, 2.24) is 4.98 Å². The number of hydrogen-bond acceptors (Lipinski definition) is 4. The van der Waals surface area contributed by atoms with Crippen LogP contribution in [-0.2, 0) is 6.18 Å². The predicted molar refractivity (Wildman–Crippen MR) is 137 cm³/mol. The van der Waals surface area contributed by atoms with E-state index in [0.717, 1.165) is 6.07 Å². The molecule has 0 aliphatic carbocycles. The van der Waals surface area contributed by atoms with E-state index >= 15 is 0 Å². The van der Waals surface area contributed by atoms with E-state index in [-0.39, 0.29) is 11.2 Å². The summed E-state index contributed by atoms with van der Waals surface area (Å²) in [5, 5.41) is 6.41. The van der Waals surface area contributed by atoms with Gasteiger partial charge < -0.3 is 15.4 Å². The number of carbonyl (C=O) groups is 1. The van der Waals surface area contributed by atoms with Crippen molar-refractivity contribution in [2.75, 3.05) is 10.6 Å². The van der Waals surface area contributed by atoms with Crippen LogP contribution < -0.4 is 15.4 Å². The van der Waals surface area contributed by atoms with Crippen LogP contribution in [0.2, 0.25) is 0 Å². The number of hydrogen-bond donors (Lipinski definition) is 2. The largest absolute Gasteiger partial charge is 0.457 e. The molecule has 1 aromatic heterocycles. The number of nitrogens with one attached hydrogen (secondary N) is 2. The van der Waals surface area contributed by atoms with E-state index in [0.29, 0.717) is 33.8 Å². The van der Waals surface area contributed by atoms with Gasteiger partial charge in [0, 0.05) is 16.8 Å². The van der Waals surface area contributed by atoms with Gasteiger partial charge in [0.2, 0.25) is 0 Å². The van der Waals surface area contributed by atoms with Gasteiger partial charge in [-0.2, -0.15) is 13.2 Å². The van der Waals surface area contributed by atoms with Crippen LogP contribution in [0.25, 0.3) is 10.9 Å². The maximum Gasteiger partial charge on any atom is 0.433 e. The molecular formula is C29H20F3N3O2. The number of aromatic nitrogens is 1. The fourth-order valence-electron chi connectivity index (χ4n) is 3.81. The van der Waals surface area contributed by atoms with Crippen LogP contribution in [0, 0.1) is 0 Å². The van der Waals surface area contributed by atoms with Crippen molar-refractivity contribution >= 4 is 33.9 Å². The Labute approximate surface area is 210 Å². The first kappa shape index (κ1) is 23.9. The van der Waals surface area contributed by atoms with Gasteiger partial charge in [-0.1, -0.05) is 54.6 Å². The zero-order chi connectivity index (χ0) is 25.8. The molecule has 0 bridgehead atoms. The Morgan fingerprint density at radius 1 is 0.757 bits per heavy atom. The highest BCUT2D eigenvalue weighted by atomic mass is 19.4. The van der Waals surface area contributed by atoms with Gasteiger partial charge in [0.05, 0.1) is 16.8 Å². The summed E-state index contributed by atoms with van der Waals surface area (Å²) < 4.78 is 46.2. The minimum Gasteiger partial charge on any atom is -0.457 e. The third kappa shape index (κ3) is 5.54. The fraction of sp³-hybridized carbons (Fsp3) is 0.0345. The number of amides is 1. The van der Waals surface area contributed by atoms with Gasteiger partial charge in [0.1, 0.15) is 17.2 Å². The van der Waals surface area contributed by atoms with Crippen LogP contribution in [0.3, 0.4) is 0 Å². The number of ether oxygens (including phenoxy) is 1. The van der Waals surface area contributed by atoms with Gasteiger partial charge in [-0.3, -0.25) is 4.79 Å². The molecule has 5 nitrogen and oxygen atoms in total. The first-order valence-electron chi connectivity index (χ1n) is 11.3. The molecule has 0 saturated carbocycles. The maximum atomic E-state index is 13.4. The van der Waals surface area contributed by atoms with E-state index in [9.17, 15) is 18.0 Å². The molecule has 0 unspecified atom stereocenters. The highest BCUT2D eigenvalue weighted by Crippen LogP contribution is 2.34. The number of anilines is 3. The van der Waals surface area contributed by atoms with Crippen LogP contribution in [0.1, 0.15) is 16.1 Å². The number of alkyl halides is 3. The second-order valence-corrected chi connectivity index (χ2v) is 8.14. The Morgan fingerprint density at radius 3 is 2.27 bits per heavy atom. The Bertz CT molecular complexity index is 1570. The predicted octanol–water partition coefficient (Wildman–Crippen LogP) is 8.04. The number of nitrogens with zero attached hydrogens (tertiary/aromatic N) is 1. The van der Waals surface area contributed by atoms with Gasteiger partial charge >= 0.3 is 6.18 Å². The lowest BCUT2D eigenvalue weighted by Gasteiger charge is -2.15. The molecule has 1 amide bonds. The normalized spacial score (nSPS) is 11.2. The molecule has 5 aromatic rings. The highest BCUT2D eigenvalue weighted by molar-refractivity contribution is 6.06. The number of benzene rings is 4. The third-order valence-corrected chi connectivity index (χ3v) is 5.51. The molecule has 0 fully saturated rings. The smallest absolute Gasteiger partial charge is 0.433 e. The lowest BCUT2D eigenvalue weighted by atomic mass is 10.1. The minimum absolute atomic E-state index is 0.222. The number of halogens is 3. The van der Waals surface area contributed by atoms with Crippen LogP contribution in [0.4, 0.5) is 30.2 Å². The molecule has 0 atom stereocenters. The molecular weight excluding hydrogens is 479 g/mol. The van der Waals surface area contributed by atoms with Gasteiger partial charge in [0.25, 0.3) is 5.91 Å². The third-order valence-electron chi connectivity index (χ3n) is 5.51. The van der Waals surface area contributed by atoms with Crippen LogP contribution in [-0.4, -0.2) is 10.9 Å². The lowest BCUT2D eigenvalue weighted by molar-refractivity contribution is -0.140. The molecule has 2 N–H and O–H groups in total. The molecule has 0 aliphatic heterocycles. The van der Waals surface area contributed by atoms with Crippen molar-refractivity contribution in [3.8, 4) is 11.5 Å². The summed E-state index contributed by atoms with van der Waals surface area (Å²) in [5.74, 6) is 0.595. The summed E-state index contributed by atoms with van der Waals surface area (Å²) in [6.07, 6.45) is -4.59.